The van der Waals surface area contributed by atoms with Crippen LogP contribution in [0.1, 0.15) is 28.1 Å². The summed E-state index contributed by atoms with van der Waals surface area (Å²) in [6, 6.07) is 6.68. The third kappa shape index (κ3) is 2.97. The minimum Gasteiger partial charge on any atom is -0.228 e. The number of aromatic nitrogens is 2. The molecule has 0 fully saturated rings. The first-order valence-electron chi connectivity index (χ1n) is 6.15. The summed E-state index contributed by atoms with van der Waals surface area (Å²) in [7, 11) is 0. The molecule has 0 amide bonds. The quantitative estimate of drug-likeness (QED) is 0.638. The molecular weight excluding hydrogens is 273 g/mol. The molecular formula is C15H14FN3S. The summed E-state index contributed by atoms with van der Waals surface area (Å²) in [5.41, 5.74) is 3.51. The Morgan fingerprint density at radius 2 is 1.85 bits per heavy atom. The third-order valence-corrected chi connectivity index (χ3v) is 4.06. The molecule has 5 heteroatoms. The summed E-state index contributed by atoms with van der Waals surface area (Å²) in [6.45, 7) is 5.85. The van der Waals surface area contributed by atoms with E-state index in [0.717, 1.165) is 17.0 Å². The van der Waals surface area contributed by atoms with Crippen LogP contribution in [0.25, 0.3) is 0 Å². The molecule has 0 atom stereocenters. The van der Waals surface area contributed by atoms with Crippen molar-refractivity contribution < 1.29 is 4.39 Å². The number of rotatable bonds is 3. The minimum absolute atomic E-state index is 0.0697. The first-order valence-corrected chi connectivity index (χ1v) is 7.13. The number of halogens is 1. The van der Waals surface area contributed by atoms with E-state index in [1.54, 1.807) is 12.1 Å². The lowest BCUT2D eigenvalue weighted by Gasteiger charge is -2.07. The summed E-state index contributed by atoms with van der Waals surface area (Å²) in [5, 5.41) is 9.44. The van der Waals surface area contributed by atoms with Gasteiger partial charge in [0.25, 0.3) is 0 Å². The Morgan fingerprint density at radius 1 is 1.20 bits per heavy atom. The highest BCUT2D eigenvalue weighted by Crippen LogP contribution is 2.23. The number of nitriles is 1. The molecule has 102 valence electrons. The summed E-state index contributed by atoms with van der Waals surface area (Å²) >= 11 is 1.37. The second-order valence-corrected chi connectivity index (χ2v) is 5.42. The Morgan fingerprint density at radius 3 is 2.45 bits per heavy atom. The number of hydrogen-bond donors (Lipinski definition) is 0. The zero-order valence-corrected chi connectivity index (χ0v) is 12.4. The second kappa shape index (κ2) is 6.02. The van der Waals surface area contributed by atoms with Gasteiger partial charge in [-0.25, -0.2) is 14.4 Å². The topological polar surface area (TPSA) is 49.6 Å². The van der Waals surface area contributed by atoms with E-state index < -0.39 is 5.82 Å². The molecule has 0 aliphatic carbocycles. The van der Waals surface area contributed by atoms with Gasteiger partial charge >= 0.3 is 0 Å². The van der Waals surface area contributed by atoms with Crippen LogP contribution in [-0.4, -0.2) is 9.97 Å². The van der Waals surface area contributed by atoms with Crippen LogP contribution in [0.3, 0.4) is 0 Å². The van der Waals surface area contributed by atoms with Gasteiger partial charge in [0.2, 0.25) is 0 Å². The molecule has 0 saturated heterocycles. The number of nitrogens with zero attached hydrogens (tertiary/aromatic N) is 3. The summed E-state index contributed by atoms with van der Waals surface area (Å²) < 4.78 is 13.9. The van der Waals surface area contributed by atoms with Crippen molar-refractivity contribution >= 4 is 11.8 Å². The van der Waals surface area contributed by atoms with Crippen molar-refractivity contribution in [3.8, 4) is 6.07 Å². The van der Waals surface area contributed by atoms with Crippen molar-refractivity contribution in [1.29, 1.82) is 5.26 Å². The van der Waals surface area contributed by atoms with Crippen molar-refractivity contribution in [3.05, 3.63) is 52.1 Å². The van der Waals surface area contributed by atoms with Crippen molar-refractivity contribution in [2.75, 3.05) is 0 Å². The summed E-state index contributed by atoms with van der Waals surface area (Å²) in [4.78, 5) is 8.77. The molecule has 0 N–H and O–H groups in total. The van der Waals surface area contributed by atoms with Crippen LogP contribution in [-0.2, 0) is 5.75 Å². The lowest BCUT2D eigenvalue weighted by atomic mass is 10.1. The molecule has 2 rings (SSSR count). The van der Waals surface area contributed by atoms with Gasteiger partial charge in [-0.3, -0.25) is 0 Å². The van der Waals surface area contributed by atoms with E-state index in [-0.39, 0.29) is 5.56 Å². The highest BCUT2D eigenvalue weighted by Gasteiger charge is 2.10. The van der Waals surface area contributed by atoms with Gasteiger partial charge in [0.1, 0.15) is 11.9 Å². The number of hydrogen-bond acceptors (Lipinski definition) is 4. The van der Waals surface area contributed by atoms with E-state index >= 15 is 0 Å². The fourth-order valence-electron chi connectivity index (χ4n) is 1.73. The third-order valence-electron chi connectivity index (χ3n) is 3.17. The lowest BCUT2D eigenvalue weighted by Crippen LogP contribution is -1.99. The number of aryl methyl sites for hydroxylation is 2. The molecule has 1 heterocycles. The second-order valence-electron chi connectivity index (χ2n) is 4.48. The van der Waals surface area contributed by atoms with E-state index in [0.29, 0.717) is 16.5 Å². The Bertz CT molecular complexity index is 669. The molecule has 0 saturated carbocycles. The molecule has 0 radical (unpaired) electrons. The van der Waals surface area contributed by atoms with E-state index in [4.69, 9.17) is 5.26 Å². The zero-order valence-electron chi connectivity index (χ0n) is 11.6. The van der Waals surface area contributed by atoms with Gasteiger partial charge in [0.15, 0.2) is 5.16 Å². The predicted octanol–water partition coefficient (Wildman–Crippen LogP) is 3.70. The van der Waals surface area contributed by atoms with E-state index in [1.807, 2.05) is 26.8 Å². The molecule has 0 bridgehead atoms. The summed E-state index contributed by atoms with van der Waals surface area (Å²) in [6.07, 6.45) is 0. The summed E-state index contributed by atoms with van der Waals surface area (Å²) in [5.74, 6) is -0.0495. The van der Waals surface area contributed by atoms with Crippen LogP contribution in [0.15, 0.2) is 23.4 Å². The predicted molar refractivity (Wildman–Crippen MR) is 76.9 cm³/mol. The minimum atomic E-state index is -0.456. The fourth-order valence-corrected chi connectivity index (χ4v) is 2.64. The van der Waals surface area contributed by atoms with Gasteiger partial charge in [-0.2, -0.15) is 5.26 Å². The molecule has 1 aromatic heterocycles. The SMILES string of the molecule is Cc1nc(SCc2cccc(C#N)c2F)nc(C)c1C. The van der Waals surface area contributed by atoms with Crippen LogP contribution in [0.5, 0.6) is 0 Å². The largest absolute Gasteiger partial charge is 0.228 e. The van der Waals surface area contributed by atoms with Crippen molar-refractivity contribution in [2.24, 2.45) is 0 Å². The van der Waals surface area contributed by atoms with Gasteiger partial charge in [-0.15, -0.1) is 0 Å². The van der Waals surface area contributed by atoms with Crippen molar-refractivity contribution in [3.63, 3.8) is 0 Å². The van der Waals surface area contributed by atoms with E-state index in [9.17, 15) is 4.39 Å². The highest BCUT2D eigenvalue weighted by atomic mass is 32.2. The van der Waals surface area contributed by atoms with Crippen LogP contribution in [0, 0.1) is 37.9 Å². The van der Waals surface area contributed by atoms with Crippen LogP contribution in [0.4, 0.5) is 4.39 Å². The van der Waals surface area contributed by atoms with Crippen molar-refractivity contribution in [1.82, 2.24) is 9.97 Å². The Kier molecular flexibility index (Phi) is 4.35. The zero-order chi connectivity index (χ0) is 14.7. The molecule has 0 unspecified atom stereocenters. The molecule has 20 heavy (non-hydrogen) atoms. The maximum Gasteiger partial charge on any atom is 0.188 e. The molecule has 0 spiro atoms. The van der Waals surface area contributed by atoms with Gasteiger partial charge < -0.3 is 0 Å². The first-order chi connectivity index (χ1) is 9.52. The van der Waals surface area contributed by atoms with Crippen LogP contribution in [0.2, 0.25) is 0 Å². The van der Waals surface area contributed by atoms with Crippen molar-refractivity contribution in [2.45, 2.75) is 31.7 Å². The maximum atomic E-state index is 13.9. The molecule has 3 nitrogen and oxygen atoms in total. The Hall–Kier alpha value is -1.93. The van der Waals surface area contributed by atoms with E-state index in [2.05, 4.69) is 9.97 Å². The molecule has 0 aliphatic rings. The number of benzene rings is 1. The molecule has 1 aromatic carbocycles. The first kappa shape index (κ1) is 14.5. The Labute approximate surface area is 121 Å². The normalized spacial score (nSPS) is 10.3. The fraction of sp³-hybridized carbons (Fsp3) is 0.267. The van der Waals surface area contributed by atoms with E-state index in [1.165, 1.54) is 17.8 Å². The molecule has 0 aliphatic heterocycles. The smallest absolute Gasteiger partial charge is 0.188 e. The van der Waals surface area contributed by atoms with Crippen LogP contribution < -0.4 is 0 Å². The Balaban J connectivity index is 2.20. The lowest BCUT2D eigenvalue weighted by molar-refractivity contribution is 0.613. The maximum absolute atomic E-state index is 13.9. The van der Waals surface area contributed by atoms with Gasteiger partial charge in [-0.05, 0) is 38.0 Å². The highest BCUT2D eigenvalue weighted by molar-refractivity contribution is 7.98. The monoisotopic (exact) mass is 287 g/mol. The van der Waals surface area contributed by atoms with Crippen LogP contribution >= 0.6 is 11.8 Å². The van der Waals surface area contributed by atoms with Gasteiger partial charge in [0, 0.05) is 17.1 Å². The van der Waals surface area contributed by atoms with Gasteiger partial charge in [0.05, 0.1) is 5.56 Å². The van der Waals surface area contributed by atoms with Gasteiger partial charge in [-0.1, -0.05) is 23.9 Å². The average molecular weight is 287 g/mol. The standard InChI is InChI=1S/C15H14FN3S/c1-9-10(2)18-15(19-11(9)3)20-8-13-6-4-5-12(7-17)14(13)16/h4-6H,8H2,1-3H3. The average Bonchev–Trinajstić information content (AvgIpc) is 2.43. The molecule has 2 aromatic rings. The number of thioether (sulfide) groups is 1.